The predicted octanol–water partition coefficient (Wildman–Crippen LogP) is 3.56. The van der Waals surface area contributed by atoms with Crippen LogP contribution in [0.2, 0.25) is 0 Å². The minimum absolute atomic E-state index is 0.00487. The first-order valence-corrected chi connectivity index (χ1v) is 12.0. The number of ether oxygens (including phenoxy) is 4. The number of fused-ring (bicyclic) bond motifs is 3. The van der Waals surface area contributed by atoms with Gasteiger partial charge in [0.25, 0.3) is 0 Å². The molecule has 2 saturated carbocycles. The summed E-state index contributed by atoms with van der Waals surface area (Å²) in [5.74, 6) is 0.137. The molecule has 1 unspecified atom stereocenters. The van der Waals surface area contributed by atoms with Crippen molar-refractivity contribution >= 4 is 11.9 Å². The topological polar surface area (TPSA) is 74.3 Å². The van der Waals surface area contributed by atoms with Gasteiger partial charge < -0.3 is 18.9 Å². The Morgan fingerprint density at radius 3 is 2.59 bits per heavy atom. The van der Waals surface area contributed by atoms with E-state index >= 15 is 0 Å². The standard InChI is InChI=1S/C25H41NO6/c1-7-30-23(28)15-26(14-22(27)29-6)13-11-19-17(2)8-9-20-24(19,4)12-10-21-25(20,5)16-31-18(3)32-21/h18-21H,2,7-16H2,1,3-6H3/t18-,19-,20?,21-,24+,25+/m1/s1. The molecule has 1 saturated heterocycles. The van der Waals surface area contributed by atoms with E-state index in [2.05, 4.69) is 20.4 Å². The minimum atomic E-state index is -0.348. The van der Waals surface area contributed by atoms with E-state index in [-0.39, 0.29) is 48.3 Å². The van der Waals surface area contributed by atoms with Gasteiger partial charge in [0, 0.05) is 5.41 Å². The van der Waals surface area contributed by atoms with E-state index in [0.717, 1.165) is 38.7 Å². The van der Waals surface area contributed by atoms with Crippen molar-refractivity contribution in [3.63, 3.8) is 0 Å². The fourth-order valence-electron chi connectivity index (χ4n) is 6.65. The Labute approximate surface area is 192 Å². The average molecular weight is 452 g/mol. The van der Waals surface area contributed by atoms with Crippen molar-refractivity contribution in [1.82, 2.24) is 4.90 Å². The van der Waals surface area contributed by atoms with Crippen LogP contribution in [0.15, 0.2) is 12.2 Å². The van der Waals surface area contributed by atoms with E-state index in [1.807, 2.05) is 11.8 Å². The number of hydrogen-bond acceptors (Lipinski definition) is 7. The fraction of sp³-hybridized carbons (Fsp3) is 0.840. The van der Waals surface area contributed by atoms with Gasteiger partial charge in [-0.2, -0.15) is 0 Å². The molecule has 32 heavy (non-hydrogen) atoms. The zero-order chi connectivity index (χ0) is 23.5. The Balaban J connectivity index is 1.75. The van der Waals surface area contributed by atoms with Crippen molar-refractivity contribution in [2.45, 2.75) is 72.2 Å². The summed E-state index contributed by atoms with van der Waals surface area (Å²) in [7, 11) is 1.37. The van der Waals surface area contributed by atoms with Crippen molar-refractivity contribution in [3.8, 4) is 0 Å². The number of carbonyl (C=O) groups is 2. The lowest BCUT2D eigenvalue weighted by Crippen LogP contribution is -2.61. The lowest BCUT2D eigenvalue weighted by molar-refractivity contribution is -0.297. The first kappa shape index (κ1) is 25.2. The van der Waals surface area contributed by atoms with E-state index in [4.69, 9.17) is 18.9 Å². The maximum Gasteiger partial charge on any atom is 0.320 e. The van der Waals surface area contributed by atoms with Gasteiger partial charge in [-0.3, -0.25) is 14.5 Å². The lowest BCUT2D eigenvalue weighted by atomic mass is 9.46. The van der Waals surface area contributed by atoms with Crippen molar-refractivity contribution < 1.29 is 28.5 Å². The molecule has 7 heteroatoms. The van der Waals surface area contributed by atoms with Crippen LogP contribution in [0.5, 0.6) is 0 Å². The molecule has 0 aromatic heterocycles. The molecule has 6 atom stereocenters. The first-order chi connectivity index (χ1) is 15.1. The Hall–Kier alpha value is -1.44. The minimum Gasteiger partial charge on any atom is -0.468 e. The molecule has 3 fully saturated rings. The van der Waals surface area contributed by atoms with E-state index in [1.54, 1.807) is 6.92 Å². The third-order valence-corrected chi connectivity index (χ3v) is 8.27. The number of allylic oxidation sites excluding steroid dienone is 1. The summed E-state index contributed by atoms with van der Waals surface area (Å²) in [6, 6.07) is 0. The highest BCUT2D eigenvalue weighted by Gasteiger charge is 2.59. The molecular weight excluding hydrogens is 410 g/mol. The third-order valence-electron chi connectivity index (χ3n) is 8.27. The fourth-order valence-corrected chi connectivity index (χ4v) is 6.65. The van der Waals surface area contributed by atoms with Crippen molar-refractivity contribution in [3.05, 3.63) is 12.2 Å². The van der Waals surface area contributed by atoms with Crippen molar-refractivity contribution in [2.24, 2.45) is 22.7 Å². The number of esters is 2. The summed E-state index contributed by atoms with van der Waals surface area (Å²) < 4.78 is 22.1. The highest BCUT2D eigenvalue weighted by Crippen LogP contribution is 2.63. The van der Waals surface area contributed by atoms with Crippen LogP contribution < -0.4 is 0 Å². The van der Waals surface area contributed by atoms with Gasteiger partial charge in [-0.25, -0.2) is 0 Å². The van der Waals surface area contributed by atoms with Gasteiger partial charge in [0.2, 0.25) is 0 Å². The Morgan fingerprint density at radius 2 is 1.91 bits per heavy atom. The number of rotatable bonds is 8. The van der Waals surface area contributed by atoms with Gasteiger partial charge in [0.1, 0.15) is 0 Å². The van der Waals surface area contributed by atoms with Gasteiger partial charge in [-0.15, -0.1) is 0 Å². The van der Waals surface area contributed by atoms with Crippen LogP contribution in [-0.4, -0.2) is 69.2 Å². The molecule has 2 aliphatic carbocycles. The Kier molecular flexibility index (Phi) is 8.05. The number of methoxy groups -OCH3 is 1. The second-order valence-corrected chi connectivity index (χ2v) is 10.2. The largest absolute Gasteiger partial charge is 0.468 e. The lowest BCUT2D eigenvalue weighted by Gasteiger charge is -2.62. The van der Waals surface area contributed by atoms with Crippen LogP contribution in [-0.2, 0) is 28.5 Å². The summed E-state index contributed by atoms with van der Waals surface area (Å²) in [4.78, 5) is 25.9. The Bertz CT molecular complexity index is 711. The second-order valence-electron chi connectivity index (χ2n) is 10.2. The molecule has 0 aromatic carbocycles. The number of nitrogens with zero attached hydrogens (tertiary/aromatic N) is 1. The van der Waals surface area contributed by atoms with Gasteiger partial charge in [-0.05, 0) is 69.7 Å². The molecule has 1 aliphatic heterocycles. The quantitative estimate of drug-likeness (QED) is 0.413. The highest BCUT2D eigenvalue weighted by atomic mass is 16.7. The molecule has 0 N–H and O–H groups in total. The average Bonchev–Trinajstić information content (AvgIpc) is 2.73. The molecule has 0 amide bonds. The molecule has 0 radical (unpaired) electrons. The monoisotopic (exact) mass is 451 g/mol. The summed E-state index contributed by atoms with van der Waals surface area (Å²) in [5.41, 5.74) is 1.37. The molecule has 0 spiro atoms. The van der Waals surface area contributed by atoms with E-state index in [9.17, 15) is 9.59 Å². The molecule has 182 valence electrons. The Morgan fingerprint density at radius 1 is 1.19 bits per heavy atom. The number of carbonyl (C=O) groups excluding carboxylic acids is 2. The van der Waals surface area contributed by atoms with E-state index in [0.29, 0.717) is 25.0 Å². The SMILES string of the molecule is C=C1CCC2[C@]3(C)CO[C@@H](C)O[C@@H]3CC[C@@]2(C)[C@@H]1CCN(CC(=O)OC)CC(=O)OCC. The third kappa shape index (κ3) is 5.05. The maximum atomic E-state index is 12.1. The summed E-state index contributed by atoms with van der Waals surface area (Å²) >= 11 is 0. The van der Waals surface area contributed by atoms with Crippen LogP contribution in [0, 0.1) is 22.7 Å². The summed E-state index contributed by atoms with van der Waals surface area (Å²) in [6.07, 6.45) is 5.16. The molecule has 0 aromatic rings. The van der Waals surface area contributed by atoms with Gasteiger partial charge >= 0.3 is 11.9 Å². The molecule has 1 heterocycles. The normalized spacial score (nSPS) is 36.9. The number of hydrogen-bond donors (Lipinski definition) is 0. The maximum absolute atomic E-state index is 12.1. The van der Waals surface area contributed by atoms with Gasteiger partial charge in [-0.1, -0.05) is 26.0 Å². The molecule has 3 rings (SSSR count). The molecule has 7 nitrogen and oxygen atoms in total. The summed E-state index contributed by atoms with van der Waals surface area (Å²) in [6.45, 7) is 14.8. The van der Waals surface area contributed by atoms with Crippen LogP contribution in [0.25, 0.3) is 0 Å². The molecular formula is C25H41NO6. The van der Waals surface area contributed by atoms with Gasteiger partial charge in [0.05, 0.1) is 39.5 Å². The van der Waals surface area contributed by atoms with Gasteiger partial charge in [0.15, 0.2) is 6.29 Å². The van der Waals surface area contributed by atoms with Crippen LogP contribution in [0.1, 0.15) is 59.8 Å². The van der Waals surface area contributed by atoms with E-state index < -0.39 is 0 Å². The molecule has 3 aliphatic rings. The van der Waals surface area contributed by atoms with Crippen LogP contribution >= 0.6 is 0 Å². The zero-order valence-corrected chi connectivity index (χ0v) is 20.5. The smallest absolute Gasteiger partial charge is 0.320 e. The van der Waals surface area contributed by atoms with Crippen molar-refractivity contribution in [1.29, 1.82) is 0 Å². The second kappa shape index (κ2) is 10.2. The van der Waals surface area contributed by atoms with Crippen molar-refractivity contribution in [2.75, 3.05) is 40.0 Å². The first-order valence-electron chi connectivity index (χ1n) is 12.0. The predicted molar refractivity (Wildman–Crippen MR) is 121 cm³/mol. The van der Waals surface area contributed by atoms with E-state index in [1.165, 1.54) is 12.7 Å². The highest BCUT2D eigenvalue weighted by molar-refractivity contribution is 5.74. The zero-order valence-electron chi connectivity index (χ0n) is 20.5. The summed E-state index contributed by atoms with van der Waals surface area (Å²) in [5, 5.41) is 0. The van der Waals surface area contributed by atoms with Crippen LogP contribution in [0.3, 0.4) is 0 Å². The molecule has 0 bridgehead atoms. The van der Waals surface area contributed by atoms with Crippen LogP contribution in [0.4, 0.5) is 0 Å².